The highest BCUT2D eigenvalue weighted by Crippen LogP contribution is 2.55. The maximum atomic E-state index is 14.0. The van der Waals surface area contributed by atoms with Crippen molar-refractivity contribution in [3.8, 4) is 5.75 Å². The number of carbonyl (C=O) groups excluding carboxylic acids is 3. The van der Waals surface area contributed by atoms with E-state index in [1.807, 2.05) is 19.0 Å². The van der Waals surface area contributed by atoms with E-state index in [9.17, 15) is 34.8 Å². The number of hydrogen-bond donors (Lipinski definition) is 5. The highest BCUT2D eigenvalue weighted by atomic mass is 16.3. The fraction of sp³-hybridized carbons (Fsp3) is 0.552. The largest absolute Gasteiger partial charge is 0.508 e. The summed E-state index contributed by atoms with van der Waals surface area (Å²) in [4.78, 5) is 45.3. The van der Waals surface area contributed by atoms with Crippen LogP contribution in [0.2, 0.25) is 0 Å². The lowest BCUT2D eigenvalue weighted by Gasteiger charge is -2.50. The van der Waals surface area contributed by atoms with E-state index >= 15 is 0 Å². The summed E-state index contributed by atoms with van der Waals surface area (Å²) in [5.41, 5.74) is 4.39. The molecule has 0 radical (unpaired) electrons. The molecule has 5 rings (SSSR count). The van der Waals surface area contributed by atoms with Crippen LogP contribution >= 0.6 is 0 Å². The third kappa shape index (κ3) is 3.71. The van der Waals surface area contributed by atoms with Crippen molar-refractivity contribution in [3.63, 3.8) is 0 Å². The zero-order valence-corrected chi connectivity index (χ0v) is 23.6. The number of phenolic OH excluding ortho intramolecular Hbond substituents is 1. The Morgan fingerprint density at radius 1 is 1.18 bits per heavy atom. The maximum absolute atomic E-state index is 14.0. The molecule has 2 fully saturated rings. The topological polar surface area (TPSA) is 168 Å². The predicted molar refractivity (Wildman–Crippen MR) is 148 cm³/mol. The molecule has 0 aromatic heterocycles. The van der Waals surface area contributed by atoms with Crippen LogP contribution in [-0.2, 0) is 20.8 Å². The number of likely N-dealkylation sites (N-methyl/N-ethyl adjacent to an activating group) is 1. The zero-order chi connectivity index (χ0) is 29.4. The average Bonchev–Trinajstić information content (AvgIpc) is 3.34. The number of benzene rings is 1. The molecule has 3 aliphatic carbocycles. The number of aliphatic hydroxyl groups excluding tert-OH is 2. The normalized spacial score (nSPS) is 30.5. The minimum atomic E-state index is -2.64. The molecule has 5 atom stereocenters. The monoisotopic (exact) mass is 554 g/mol. The van der Waals surface area contributed by atoms with Gasteiger partial charge >= 0.3 is 0 Å². The number of hydrogen-bond acceptors (Lipinski definition) is 10. The molecule has 4 aliphatic rings. The molecule has 1 aromatic carbocycles. The van der Waals surface area contributed by atoms with Gasteiger partial charge in [0.15, 0.2) is 11.4 Å². The Hall–Kier alpha value is -3.41. The molecular weight excluding hydrogens is 516 g/mol. The Morgan fingerprint density at radius 2 is 1.85 bits per heavy atom. The van der Waals surface area contributed by atoms with E-state index in [0.29, 0.717) is 5.56 Å². The molecule has 1 aliphatic heterocycles. The highest BCUT2D eigenvalue weighted by molar-refractivity contribution is 6.24. The number of carbonyl (C=O) groups is 3. The number of ketones is 2. The minimum absolute atomic E-state index is 0.0636. The van der Waals surface area contributed by atoms with Gasteiger partial charge in [-0.05, 0) is 76.0 Å². The van der Waals surface area contributed by atoms with Gasteiger partial charge in [0.25, 0.3) is 5.91 Å². The number of phenols is 1. The Kier molecular flexibility index (Phi) is 6.75. The molecule has 216 valence electrons. The van der Waals surface area contributed by atoms with E-state index in [-0.39, 0.29) is 35.8 Å². The van der Waals surface area contributed by atoms with Gasteiger partial charge < -0.3 is 31.1 Å². The summed E-state index contributed by atoms with van der Waals surface area (Å²) in [5.74, 6) is -6.46. The number of amides is 1. The third-order valence-electron chi connectivity index (χ3n) is 9.30. The van der Waals surface area contributed by atoms with Crippen LogP contribution < -0.4 is 10.6 Å². The molecule has 6 N–H and O–H groups in total. The first-order chi connectivity index (χ1) is 18.8. The first-order valence-corrected chi connectivity index (χ1v) is 13.7. The second-order valence-corrected chi connectivity index (χ2v) is 11.8. The van der Waals surface area contributed by atoms with Gasteiger partial charge in [0, 0.05) is 37.3 Å². The highest BCUT2D eigenvalue weighted by Gasteiger charge is 2.64. The summed E-state index contributed by atoms with van der Waals surface area (Å²) in [6.07, 6.45) is 2.29. The number of primary amides is 1. The van der Waals surface area contributed by atoms with Crippen molar-refractivity contribution in [1.82, 2.24) is 9.80 Å². The molecule has 11 nitrogen and oxygen atoms in total. The van der Waals surface area contributed by atoms with Gasteiger partial charge in [-0.25, -0.2) is 0 Å². The van der Waals surface area contributed by atoms with Gasteiger partial charge in [0.2, 0.25) is 5.78 Å². The van der Waals surface area contributed by atoms with E-state index < -0.39 is 58.0 Å². The molecular formula is C29H38N4O7. The van der Waals surface area contributed by atoms with Crippen LogP contribution in [-0.4, -0.2) is 101 Å². The number of fused-ring (bicyclic) bond motifs is 3. The minimum Gasteiger partial charge on any atom is -0.508 e. The van der Waals surface area contributed by atoms with Gasteiger partial charge in [-0.2, -0.15) is 0 Å². The number of likely N-dealkylation sites (tertiary alicyclic amines) is 1. The fourth-order valence-corrected chi connectivity index (χ4v) is 7.67. The summed E-state index contributed by atoms with van der Waals surface area (Å²) >= 11 is 0. The van der Waals surface area contributed by atoms with Gasteiger partial charge in [-0.15, -0.1) is 0 Å². The predicted octanol–water partition coefficient (Wildman–Crippen LogP) is 1.19. The Bertz CT molecular complexity index is 1380. The lowest BCUT2D eigenvalue weighted by molar-refractivity contribution is -0.153. The summed E-state index contributed by atoms with van der Waals surface area (Å²) in [5, 5.41) is 45.6. The van der Waals surface area contributed by atoms with Crippen molar-refractivity contribution < 1.29 is 34.8 Å². The van der Waals surface area contributed by atoms with Gasteiger partial charge in [-0.1, -0.05) is 6.92 Å². The molecule has 1 unspecified atom stereocenters. The molecule has 1 amide bonds. The van der Waals surface area contributed by atoms with Gasteiger partial charge in [-0.3, -0.25) is 24.2 Å². The Morgan fingerprint density at radius 3 is 2.42 bits per heavy atom. The number of rotatable bonds is 5. The second-order valence-electron chi connectivity index (χ2n) is 11.8. The molecule has 1 saturated carbocycles. The number of anilines is 1. The summed E-state index contributed by atoms with van der Waals surface area (Å²) < 4.78 is 0. The standard InChI is InChI=1S/C29H38N4O7/c1-6-33-9-7-8-17(33)14-12-18(34)20-15(22(14)31(2)3)10-13-11-16-23(32(4)5)25(36)21(28(30)39)27(38)29(16,40)26(37)19(13)24(20)35/h12-13,16-17,23,34-35,38,40H,6-11H2,1-5H3,(H2,30,39)/t13-,16-,17?,23-,29-/m0/s1. The first kappa shape index (κ1) is 28.1. The number of Topliss-reactive ketones (excluding diaryl/α,β-unsaturated/α-hetero) is 2. The van der Waals surface area contributed by atoms with E-state index in [1.165, 1.54) is 4.90 Å². The van der Waals surface area contributed by atoms with Crippen molar-refractivity contribution >= 4 is 28.9 Å². The van der Waals surface area contributed by atoms with Crippen LogP contribution in [0.15, 0.2) is 23.0 Å². The molecule has 11 heteroatoms. The van der Waals surface area contributed by atoms with Crippen molar-refractivity contribution in [2.24, 2.45) is 17.6 Å². The number of nitrogens with zero attached hydrogens (tertiary/aromatic N) is 3. The quantitative estimate of drug-likeness (QED) is 0.334. The third-order valence-corrected chi connectivity index (χ3v) is 9.30. The molecule has 0 bridgehead atoms. The Labute approximate surface area is 233 Å². The average molecular weight is 555 g/mol. The summed E-state index contributed by atoms with van der Waals surface area (Å²) in [6, 6.07) is 0.633. The smallest absolute Gasteiger partial charge is 0.255 e. The van der Waals surface area contributed by atoms with Crippen LogP contribution in [0.5, 0.6) is 5.75 Å². The second kappa shape index (κ2) is 9.60. The van der Waals surface area contributed by atoms with Crippen molar-refractivity contribution in [2.75, 3.05) is 46.2 Å². The van der Waals surface area contributed by atoms with E-state index in [2.05, 4.69) is 11.8 Å². The van der Waals surface area contributed by atoms with Crippen LogP contribution in [0.4, 0.5) is 5.69 Å². The number of nitrogens with two attached hydrogens (primary N) is 1. The van der Waals surface area contributed by atoms with Crippen LogP contribution in [0.3, 0.4) is 0 Å². The molecule has 1 saturated heterocycles. The van der Waals surface area contributed by atoms with Crippen molar-refractivity contribution in [2.45, 2.75) is 50.3 Å². The SMILES string of the molecule is CCN1CCCC1c1cc(O)c2c(c1N(C)C)C[C@H]1C[C@H]3[C@H](N(C)C)C(=O)C(C(N)=O)=C(O)[C@@]3(O)C(=O)C1=C2O. The molecule has 1 heterocycles. The van der Waals surface area contributed by atoms with Crippen molar-refractivity contribution in [1.29, 1.82) is 0 Å². The van der Waals surface area contributed by atoms with Gasteiger partial charge in [0.05, 0.1) is 11.6 Å². The van der Waals surface area contributed by atoms with E-state index in [1.54, 1.807) is 20.2 Å². The number of aliphatic hydroxyl groups is 3. The first-order valence-electron chi connectivity index (χ1n) is 13.7. The number of aromatic hydroxyl groups is 1. The van der Waals surface area contributed by atoms with Crippen LogP contribution in [0.25, 0.3) is 5.76 Å². The van der Waals surface area contributed by atoms with Crippen LogP contribution in [0, 0.1) is 11.8 Å². The fourth-order valence-electron chi connectivity index (χ4n) is 7.67. The summed E-state index contributed by atoms with van der Waals surface area (Å²) in [7, 11) is 6.98. The van der Waals surface area contributed by atoms with E-state index in [4.69, 9.17) is 5.73 Å². The molecule has 40 heavy (non-hydrogen) atoms. The lowest BCUT2D eigenvalue weighted by atomic mass is 9.57. The Balaban J connectivity index is 1.73. The van der Waals surface area contributed by atoms with Crippen LogP contribution in [0.1, 0.15) is 48.9 Å². The zero-order valence-electron chi connectivity index (χ0n) is 23.6. The molecule has 0 spiro atoms. The van der Waals surface area contributed by atoms with E-state index in [0.717, 1.165) is 37.2 Å². The summed E-state index contributed by atoms with van der Waals surface area (Å²) in [6.45, 7) is 3.90. The maximum Gasteiger partial charge on any atom is 0.255 e. The van der Waals surface area contributed by atoms with Crippen molar-refractivity contribution in [3.05, 3.63) is 39.7 Å². The molecule has 1 aromatic rings. The van der Waals surface area contributed by atoms with Gasteiger partial charge in [0.1, 0.15) is 22.8 Å². The lowest BCUT2D eigenvalue weighted by Crippen LogP contribution is -2.65.